The summed E-state index contributed by atoms with van der Waals surface area (Å²) in [7, 11) is 1.31. The molecule has 0 saturated carbocycles. The first kappa shape index (κ1) is 21.4. The second kappa shape index (κ2) is 9.46. The Morgan fingerprint density at radius 1 is 1.24 bits per heavy atom. The van der Waals surface area contributed by atoms with E-state index in [1.807, 2.05) is 24.3 Å². The molecule has 0 aliphatic carbocycles. The zero-order valence-corrected chi connectivity index (χ0v) is 17.8. The molecule has 1 fully saturated rings. The first-order valence-electron chi connectivity index (χ1n) is 9.44. The number of carbonyl (C=O) groups excluding carboxylic acids is 2. The van der Waals surface area contributed by atoms with Crippen LogP contribution in [0.3, 0.4) is 0 Å². The van der Waals surface area contributed by atoms with Crippen molar-refractivity contribution < 1.29 is 14.3 Å². The van der Waals surface area contributed by atoms with E-state index in [0.29, 0.717) is 36.0 Å². The third-order valence-electron chi connectivity index (χ3n) is 5.11. The number of pyridine rings is 1. The number of benzene rings is 1. The summed E-state index contributed by atoms with van der Waals surface area (Å²) in [6.07, 6.45) is 3.12. The average molecular weight is 436 g/mol. The van der Waals surface area contributed by atoms with Crippen LogP contribution in [0.25, 0.3) is 11.1 Å². The molecule has 1 aliphatic heterocycles. The number of piperidine rings is 1. The topological polar surface area (TPSA) is 71.5 Å². The van der Waals surface area contributed by atoms with Gasteiger partial charge in [0.25, 0.3) is 0 Å². The van der Waals surface area contributed by atoms with Crippen molar-refractivity contribution in [2.45, 2.75) is 25.8 Å². The molecule has 0 spiro atoms. The lowest BCUT2D eigenvalue weighted by atomic mass is 9.95. The lowest BCUT2D eigenvalue weighted by Crippen LogP contribution is -2.45. The van der Waals surface area contributed by atoms with Gasteiger partial charge in [0.15, 0.2) is 0 Å². The van der Waals surface area contributed by atoms with Crippen molar-refractivity contribution in [1.29, 1.82) is 0 Å². The van der Waals surface area contributed by atoms with Crippen LogP contribution in [0.1, 0.15) is 19.8 Å². The quantitative estimate of drug-likeness (QED) is 0.719. The average Bonchev–Trinajstić information content (AvgIpc) is 2.75. The van der Waals surface area contributed by atoms with Gasteiger partial charge < -0.3 is 15.0 Å². The SMILES string of the molecule is COC(=O)[C@H](C)NC(=O)C1CCN(c2cc(-c3cccc(Cl)c3Cl)ccn2)CC1. The van der Waals surface area contributed by atoms with E-state index in [9.17, 15) is 9.59 Å². The van der Waals surface area contributed by atoms with Gasteiger partial charge in [0, 0.05) is 30.8 Å². The molecule has 154 valence electrons. The predicted molar refractivity (Wildman–Crippen MR) is 114 cm³/mol. The van der Waals surface area contributed by atoms with Crippen LogP contribution in [-0.2, 0) is 14.3 Å². The van der Waals surface area contributed by atoms with E-state index in [0.717, 1.165) is 16.9 Å². The molecule has 1 aromatic carbocycles. The van der Waals surface area contributed by atoms with E-state index in [1.165, 1.54) is 7.11 Å². The van der Waals surface area contributed by atoms with E-state index in [4.69, 9.17) is 23.2 Å². The summed E-state index contributed by atoms with van der Waals surface area (Å²) in [4.78, 5) is 30.5. The summed E-state index contributed by atoms with van der Waals surface area (Å²) in [6, 6.07) is 8.78. The van der Waals surface area contributed by atoms with Gasteiger partial charge in [-0.1, -0.05) is 35.3 Å². The van der Waals surface area contributed by atoms with Gasteiger partial charge in [-0.25, -0.2) is 9.78 Å². The Labute approximate surface area is 180 Å². The van der Waals surface area contributed by atoms with Crippen LogP contribution in [0.15, 0.2) is 36.5 Å². The maximum atomic E-state index is 12.4. The first-order chi connectivity index (χ1) is 13.9. The van der Waals surface area contributed by atoms with E-state index in [-0.39, 0.29) is 11.8 Å². The van der Waals surface area contributed by atoms with Crippen molar-refractivity contribution >= 4 is 40.9 Å². The summed E-state index contributed by atoms with van der Waals surface area (Å²) in [6.45, 7) is 3.02. The fourth-order valence-corrected chi connectivity index (χ4v) is 3.83. The normalized spacial score (nSPS) is 15.7. The fraction of sp³-hybridized carbons (Fsp3) is 0.381. The molecule has 1 aliphatic rings. The molecule has 29 heavy (non-hydrogen) atoms. The number of amides is 1. The predicted octanol–water partition coefficient (Wildman–Crippen LogP) is 3.95. The largest absolute Gasteiger partial charge is 0.467 e. The minimum atomic E-state index is -0.647. The molecule has 8 heteroatoms. The smallest absolute Gasteiger partial charge is 0.328 e. The fourth-order valence-electron chi connectivity index (χ4n) is 3.42. The molecular formula is C21H23Cl2N3O3. The van der Waals surface area contributed by atoms with Crippen molar-refractivity contribution in [3.63, 3.8) is 0 Å². The molecule has 2 heterocycles. The maximum absolute atomic E-state index is 12.4. The minimum absolute atomic E-state index is 0.116. The molecule has 0 unspecified atom stereocenters. The van der Waals surface area contributed by atoms with E-state index in [2.05, 4.69) is 19.9 Å². The second-order valence-electron chi connectivity index (χ2n) is 7.02. The van der Waals surface area contributed by atoms with Crippen LogP contribution in [-0.4, -0.2) is 43.1 Å². The van der Waals surface area contributed by atoms with Gasteiger partial charge in [-0.05, 0) is 43.5 Å². The highest BCUT2D eigenvalue weighted by atomic mass is 35.5. The highest BCUT2D eigenvalue weighted by Gasteiger charge is 2.28. The number of methoxy groups -OCH3 is 1. The summed E-state index contributed by atoms with van der Waals surface area (Å²) in [5.41, 5.74) is 1.79. The standard InChI is InChI=1S/C21H23Cl2N3O3/c1-13(21(28)29-2)25-20(27)14-7-10-26(11-8-14)18-12-15(6-9-24-18)16-4-3-5-17(22)19(16)23/h3-6,9,12-14H,7-8,10-11H2,1-2H3,(H,25,27)/t13-/m0/s1. The van der Waals surface area contributed by atoms with E-state index in [1.54, 1.807) is 19.2 Å². The highest BCUT2D eigenvalue weighted by molar-refractivity contribution is 6.43. The van der Waals surface area contributed by atoms with Crippen molar-refractivity contribution in [1.82, 2.24) is 10.3 Å². The number of anilines is 1. The van der Waals surface area contributed by atoms with Crippen molar-refractivity contribution in [3.8, 4) is 11.1 Å². The molecule has 6 nitrogen and oxygen atoms in total. The second-order valence-corrected chi connectivity index (χ2v) is 7.80. The summed E-state index contributed by atoms with van der Waals surface area (Å²) in [5, 5.41) is 3.75. The van der Waals surface area contributed by atoms with Crippen molar-refractivity contribution in [3.05, 3.63) is 46.6 Å². The molecule has 3 rings (SSSR count). The number of hydrogen-bond acceptors (Lipinski definition) is 5. The number of ether oxygens (including phenoxy) is 1. The Balaban J connectivity index is 1.65. The van der Waals surface area contributed by atoms with Crippen molar-refractivity contribution in [2.75, 3.05) is 25.1 Å². The Bertz CT molecular complexity index is 898. The lowest BCUT2D eigenvalue weighted by Gasteiger charge is -2.32. The molecule has 0 bridgehead atoms. The number of carbonyl (C=O) groups is 2. The van der Waals surface area contributed by atoms with Gasteiger partial charge in [-0.2, -0.15) is 0 Å². The number of aromatic nitrogens is 1. The molecule has 1 atom stereocenters. The lowest BCUT2D eigenvalue weighted by molar-refractivity contribution is -0.145. The zero-order chi connectivity index (χ0) is 21.0. The maximum Gasteiger partial charge on any atom is 0.328 e. The van der Waals surface area contributed by atoms with Crippen LogP contribution >= 0.6 is 23.2 Å². The van der Waals surface area contributed by atoms with Gasteiger partial charge >= 0.3 is 5.97 Å². The first-order valence-corrected chi connectivity index (χ1v) is 10.2. The minimum Gasteiger partial charge on any atom is -0.467 e. The molecule has 1 N–H and O–H groups in total. The van der Waals surface area contributed by atoms with E-state index < -0.39 is 12.0 Å². The summed E-state index contributed by atoms with van der Waals surface area (Å²) < 4.78 is 4.65. The van der Waals surface area contributed by atoms with Gasteiger partial charge in [0.1, 0.15) is 11.9 Å². The van der Waals surface area contributed by atoms with Crippen LogP contribution in [0.5, 0.6) is 0 Å². The summed E-state index contributed by atoms with van der Waals surface area (Å²) >= 11 is 12.5. The van der Waals surface area contributed by atoms with Crippen molar-refractivity contribution in [2.24, 2.45) is 5.92 Å². The molecule has 1 saturated heterocycles. The van der Waals surface area contributed by atoms with Gasteiger partial charge in [-0.3, -0.25) is 4.79 Å². The van der Waals surface area contributed by atoms with Gasteiger partial charge in [-0.15, -0.1) is 0 Å². The van der Waals surface area contributed by atoms with Gasteiger partial charge in [0.05, 0.1) is 17.2 Å². The van der Waals surface area contributed by atoms with E-state index >= 15 is 0 Å². The van der Waals surface area contributed by atoms with Crippen LogP contribution < -0.4 is 10.2 Å². The Kier molecular flexibility index (Phi) is 6.98. The van der Waals surface area contributed by atoms with Crippen LogP contribution in [0, 0.1) is 5.92 Å². The monoisotopic (exact) mass is 435 g/mol. The third kappa shape index (κ3) is 5.00. The Morgan fingerprint density at radius 3 is 2.66 bits per heavy atom. The molecule has 0 radical (unpaired) electrons. The summed E-state index contributed by atoms with van der Waals surface area (Å²) in [5.74, 6) is 0.135. The Morgan fingerprint density at radius 2 is 1.97 bits per heavy atom. The molecule has 2 aromatic rings. The number of nitrogens with zero attached hydrogens (tertiary/aromatic N) is 2. The molecule has 1 aromatic heterocycles. The van der Waals surface area contributed by atoms with Crippen LogP contribution in [0.2, 0.25) is 10.0 Å². The number of rotatable bonds is 5. The highest BCUT2D eigenvalue weighted by Crippen LogP contribution is 2.34. The number of nitrogens with one attached hydrogen (secondary N) is 1. The zero-order valence-electron chi connectivity index (χ0n) is 16.3. The number of halogens is 2. The number of esters is 1. The number of hydrogen-bond donors (Lipinski definition) is 1. The van der Waals surface area contributed by atoms with Gasteiger partial charge in [0.2, 0.25) is 5.91 Å². The van der Waals surface area contributed by atoms with Crippen LogP contribution in [0.4, 0.5) is 5.82 Å². The molecule has 1 amide bonds. The third-order valence-corrected chi connectivity index (χ3v) is 5.93. The molecular weight excluding hydrogens is 413 g/mol. The Hall–Kier alpha value is -2.31.